The van der Waals surface area contributed by atoms with Crippen LogP contribution in [0.3, 0.4) is 0 Å². The second-order valence-electron chi connectivity index (χ2n) is 5.55. The molecule has 3 heteroatoms. The molecule has 0 saturated carbocycles. The molecule has 0 bridgehead atoms. The fraction of sp³-hybridized carbons (Fsp3) is 0.625. The first-order valence-corrected chi connectivity index (χ1v) is 8.17. The molecule has 0 radical (unpaired) electrons. The molecule has 1 aromatic rings. The molecule has 1 N–H and O–H groups in total. The Kier molecular flexibility index (Phi) is 5.74. The largest absolute Gasteiger partial charge is 0.381 e. The van der Waals surface area contributed by atoms with Crippen molar-refractivity contribution < 1.29 is 4.74 Å². The molecule has 2 nitrogen and oxygen atoms in total. The van der Waals surface area contributed by atoms with Crippen molar-refractivity contribution in [1.82, 2.24) is 5.32 Å². The fourth-order valence-corrected chi connectivity index (χ4v) is 3.60. The maximum atomic E-state index is 5.48. The third-order valence-electron chi connectivity index (χ3n) is 3.88. The lowest BCUT2D eigenvalue weighted by Gasteiger charge is -2.21. The summed E-state index contributed by atoms with van der Waals surface area (Å²) in [4.78, 5) is 1.36. The summed E-state index contributed by atoms with van der Waals surface area (Å²) in [5.41, 5.74) is 1.42. The van der Waals surface area contributed by atoms with Crippen molar-refractivity contribution in [2.24, 2.45) is 5.92 Å². The van der Waals surface area contributed by atoms with Crippen molar-refractivity contribution in [3.8, 4) is 0 Å². The Balaban J connectivity index is 1.86. The van der Waals surface area contributed by atoms with Crippen LogP contribution in [0.1, 0.15) is 31.7 Å². The van der Waals surface area contributed by atoms with Crippen molar-refractivity contribution >= 4 is 11.8 Å². The van der Waals surface area contributed by atoms with Gasteiger partial charge in [-0.2, -0.15) is 0 Å². The molecule has 0 aromatic heterocycles. The van der Waals surface area contributed by atoms with Gasteiger partial charge in [0, 0.05) is 29.2 Å². The quantitative estimate of drug-likeness (QED) is 0.805. The first kappa shape index (κ1) is 14.9. The summed E-state index contributed by atoms with van der Waals surface area (Å²) in [7, 11) is 2.06. The molecule has 2 unspecified atom stereocenters. The van der Waals surface area contributed by atoms with E-state index in [1.807, 2.05) is 11.8 Å². The summed E-state index contributed by atoms with van der Waals surface area (Å²) in [6.45, 7) is 6.31. The topological polar surface area (TPSA) is 21.3 Å². The summed E-state index contributed by atoms with van der Waals surface area (Å²) in [5, 5.41) is 3.44. The van der Waals surface area contributed by atoms with E-state index in [9.17, 15) is 0 Å². The molecule has 0 spiro atoms. The number of ether oxygens (including phenoxy) is 1. The van der Waals surface area contributed by atoms with Crippen LogP contribution in [-0.4, -0.2) is 32.1 Å². The van der Waals surface area contributed by atoms with Crippen LogP contribution in [0.4, 0.5) is 0 Å². The van der Waals surface area contributed by atoms with Crippen LogP contribution in [0.25, 0.3) is 0 Å². The number of hydrogen-bond acceptors (Lipinski definition) is 3. The van der Waals surface area contributed by atoms with Crippen LogP contribution in [0, 0.1) is 5.92 Å². The third kappa shape index (κ3) is 4.23. The van der Waals surface area contributed by atoms with Gasteiger partial charge in [0.05, 0.1) is 6.61 Å². The minimum Gasteiger partial charge on any atom is -0.381 e. The highest BCUT2D eigenvalue weighted by molar-refractivity contribution is 7.99. The summed E-state index contributed by atoms with van der Waals surface area (Å²) in [6, 6.07) is 9.55. The monoisotopic (exact) mass is 279 g/mol. The summed E-state index contributed by atoms with van der Waals surface area (Å²) < 4.78 is 5.48. The van der Waals surface area contributed by atoms with E-state index in [1.54, 1.807) is 0 Å². The predicted molar refractivity (Wildman–Crippen MR) is 83.0 cm³/mol. The van der Waals surface area contributed by atoms with Crippen LogP contribution in [0.15, 0.2) is 29.2 Å². The van der Waals surface area contributed by atoms with Gasteiger partial charge in [-0.05, 0) is 37.1 Å². The molecule has 1 aliphatic heterocycles. The van der Waals surface area contributed by atoms with E-state index in [2.05, 4.69) is 50.5 Å². The van der Waals surface area contributed by atoms with Crippen LogP contribution in [0.5, 0.6) is 0 Å². The van der Waals surface area contributed by atoms with Gasteiger partial charge in [0.1, 0.15) is 0 Å². The van der Waals surface area contributed by atoms with Crippen molar-refractivity contribution in [2.45, 2.75) is 37.1 Å². The van der Waals surface area contributed by atoms with Crippen molar-refractivity contribution in [1.29, 1.82) is 0 Å². The van der Waals surface area contributed by atoms with Crippen molar-refractivity contribution in [3.63, 3.8) is 0 Å². The lowest BCUT2D eigenvalue weighted by molar-refractivity contribution is 0.180. The molecule has 1 saturated heterocycles. The van der Waals surface area contributed by atoms with Crippen molar-refractivity contribution in [2.75, 3.05) is 26.0 Å². The van der Waals surface area contributed by atoms with Crippen LogP contribution in [0.2, 0.25) is 0 Å². The molecular formula is C16H25NOS. The second kappa shape index (κ2) is 7.32. The standard InChI is InChI=1S/C16H25NOS/c1-12(2)13-4-6-15(7-5-13)19-11-16(17-3)14-8-9-18-10-14/h4-7,12,14,16-17H,8-11H2,1-3H3. The van der Waals surface area contributed by atoms with Crippen molar-refractivity contribution in [3.05, 3.63) is 29.8 Å². The summed E-state index contributed by atoms with van der Waals surface area (Å²) in [6.07, 6.45) is 1.19. The Morgan fingerprint density at radius 1 is 1.32 bits per heavy atom. The van der Waals surface area contributed by atoms with Gasteiger partial charge in [-0.3, -0.25) is 0 Å². The first-order chi connectivity index (χ1) is 9.20. The van der Waals surface area contributed by atoms with Gasteiger partial charge in [0.15, 0.2) is 0 Å². The van der Waals surface area contributed by atoms with E-state index in [0.717, 1.165) is 19.0 Å². The average molecular weight is 279 g/mol. The lowest BCUT2D eigenvalue weighted by atomic mass is 10.0. The Labute approximate surface area is 121 Å². The number of hydrogen-bond donors (Lipinski definition) is 1. The second-order valence-corrected chi connectivity index (χ2v) is 6.65. The number of thioether (sulfide) groups is 1. The molecule has 106 valence electrons. The molecule has 0 amide bonds. The normalized spacial score (nSPS) is 20.9. The minimum atomic E-state index is 0.553. The number of benzene rings is 1. The molecule has 0 aliphatic carbocycles. The van der Waals surface area contributed by atoms with E-state index in [4.69, 9.17) is 4.74 Å². The van der Waals surface area contributed by atoms with Gasteiger partial charge in [-0.15, -0.1) is 11.8 Å². The van der Waals surface area contributed by atoms with Gasteiger partial charge < -0.3 is 10.1 Å². The molecular weight excluding hydrogens is 254 g/mol. The third-order valence-corrected chi connectivity index (χ3v) is 5.01. The van der Waals surface area contributed by atoms with E-state index in [1.165, 1.54) is 16.9 Å². The Hall–Kier alpha value is -0.510. The van der Waals surface area contributed by atoms with Gasteiger partial charge in [0.25, 0.3) is 0 Å². The number of rotatable bonds is 6. The highest BCUT2D eigenvalue weighted by Gasteiger charge is 2.24. The molecule has 1 aromatic carbocycles. The maximum Gasteiger partial charge on any atom is 0.0510 e. The molecule has 1 aliphatic rings. The minimum absolute atomic E-state index is 0.553. The molecule has 1 heterocycles. The lowest BCUT2D eigenvalue weighted by Crippen LogP contribution is -2.36. The fourth-order valence-electron chi connectivity index (χ4n) is 2.46. The van der Waals surface area contributed by atoms with Crippen LogP contribution in [-0.2, 0) is 4.74 Å². The van der Waals surface area contributed by atoms with Gasteiger partial charge in [0.2, 0.25) is 0 Å². The van der Waals surface area contributed by atoms with Gasteiger partial charge in [-0.25, -0.2) is 0 Å². The molecule has 2 atom stereocenters. The van der Waals surface area contributed by atoms with Crippen LogP contribution >= 0.6 is 11.8 Å². The SMILES string of the molecule is CNC(CSc1ccc(C(C)C)cc1)C1CCOC1. The van der Waals surface area contributed by atoms with Crippen LogP contribution < -0.4 is 5.32 Å². The highest BCUT2D eigenvalue weighted by atomic mass is 32.2. The van der Waals surface area contributed by atoms with Gasteiger partial charge in [-0.1, -0.05) is 26.0 Å². The van der Waals surface area contributed by atoms with E-state index in [0.29, 0.717) is 17.9 Å². The smallest absolute Gasteiger partial charge is 0.0510 e. The molecule has 19 heavy (non-hydrogen) atoms. The Morgan fingerprint density at radius 2 is 2.05 bits per heavy atom. The molecule has 1 fully saturated rings. The van der Waals surface area contributed by atoms with Gasteiger partial charge >= 0.3 is 0 Å². The maximum absolute atomic E-state index is 5.48. The zero-order valence-electron chi connectivity index (χ0n) is 12.2. The Morgan fingerprint density at radius 3 is 2.58 bits per heavy atom. The average Bonchev–Trinajstić information content (AvgIpc) is 2.94. The van der Waals surface area contributed by atoms with E-state index < -0.39 is 0 Å². The summed E-state index contributed by atoms with van der Waals surface area (Å²) in [5.74, 6) is 2.40. The Bertz CT molecular complexity index is 371. The van der Waals surface area contributed by atoms with E-state index in [-0.39, 0.29) is 0 Å². The zero-order valence-corrected chi connectivity index (χ0v) is 13.0. The molecule has 2 rings (SSSR count). The predicted octanol–water partition coefficient (Wildman–Crippen LogP) is 3.53. The summed E-state index contributed by atoms with van der Waals surface area (Å²) >= 11 is 1.94. The first-order valence-electron chi connectivity index (χ1n) is 7.18. The number of nitrogens with one attached hydrogen (secondary N) is 1. The highest BCUT2D eigenvalue weighted by Crippen LogP contribution is 2.25. The zero-order chi connectivity index (χ0) is 13.7. The van der Waals surface area contributed by atoms with E-state index >= 15 is 0 Å².